The van der Waals surface area contributed by atoms with Crippen LogP contribution in [0.15, 0.2) is 23.1 Å². The van der Waals surface area contributed by atoms with Gasteiger partial charge in [-0.05, 0) is 63.0 Å². The number of amides is 1. The normalized spacial score (nSPS) is 33.2. The number of nitrogens with one attached hydrogen (secondary N) is 1. The van der Waals surface area contributed by atoms with Gasteiger partial charge in [-0.1, -0.05) is 6.92 Å². The Bertz CT molecular complexity index is 1060. The van der Waals surface area contributed by atoms with E-state index in [0.717, 1.165) is 29.4 Å². The first kappa shape index (κ1) is 22.8. The Morgan fingerprint density at radius 1 is 1.12 bits per heavy atom. The summed E-state index contributed by atoms with van der Waals surface area (Å²) in [6.45, 7) is 3.98. The van der Waals surface area contributed by atoms with Gasteiger partial charge in [-0.25, -0.2) is 13.2 Å². The van der Waals surface area contributed by atoms with Crippen LogP contribution in [0, 0.1) is 18.8 Å². The van der Waals surface area contributed by atoms with Crippen molar-refractivity contribution in [1.82, 2.24) is 14.9 Å². The van der Waals surface area contributed by atoms with Crippen LogP contribution in [-0.2, 0) is 11.8 Å². The minimum Gasteiger partial charge on any atom is -0.353 e. The molecule has 2 aromatic rings. The fourth-order valence-corrected chi connectivity index (χ4v) is 5.30. The molecule has 1 amide bonds. The van der Waals surface area contributed by atoms with Crippen LogP contribution in [0.1, 0.15) is 56.2 Å². The third-order valence-electron chi connectivity index (χ3n) is 7.30. The van der Waals surface area contributed by atoms with E-state index < -0.39 is 30.3 Å². The minimum atomic E-state index is -2.15. The highest BCUT2D eigenvalue weighted by Gasteiger charge is 2.42. The second-order valence-corrected chi connectivity index (χ2v) is 9.60. The second-order valence-electron chi connectivity index (χ2n) is 9.60. The maximum atomic E-state index is 13.7. The first-order chi connectivity index (χ1) is 15.2. The highest BCUT2D eigenvalue weighted by atomic mass is 19.2. The molecule has 0 aliphatic heterocycles. The fourth-order valence-electron chi connectivity index (χ4n) is 5.30. The number of halogens is 3. The molecule has 2 aliphatic carbocycles. The summed E-state index contributed by atoms with van der Waals surface area (Å²) in [5.74, 6) is -1.10. The van der Waals surface area contributed by atoms with E-state index in [2.05, 4.69) is 17.2 Å². The van der Waals surface area contributed by atoms with Crippen molar-refractivity contribution in [3.8, 4) is 0 Å². The van der Waals surface area contributed by atoms with E-state index in [1.165, 1.54) is 0 Å². The van der Waals surface area contributed by atoms with E-state index >= 15 is 0 Å². The van der Waals surface area contributed by atoms with Gasteiger partial charge in [0.1, 0.15) is 12.3 Å². The summed E-state index contributed by atoms with van der Waals surface area (Å²) in [4.78, 5) is 30.2. The third-order valence-corrected chi connectivity index (χ3v) is 7.30. The molecule has 5 unspecified atom stereocenters. The van der Waals surface area contributed by atoms with Gasteiger partial charge in [0, 0.05) is 41.8 Å². The van der Waals surface area contributed by atoms with Gasteiger partial charge in [0.15, 0.2) is 6.17 Å². The first-order valence-corrected chi connectivity index (χ1v) is 11.3. The summed E-state index contributed by atoms with van der Waals surface area (Å²) in [6.07, 6.45) is -2.76. The Morgan fingerprint density at radius 3 is 2.50 bits per heavy atom. The molecule has 8 heteroatoms. The Kier molecular flexibility index (Phi) is 6.32. The maximum absolute atomic E-state index is 13.7. The van der Waals surface area contributed by atoms with Gasteiger partial charge in [-0.2, -0.15) is 0 Å². The zero-order valence-corrected chi connectivity index (χ0v) is 18.7. The number of hydrogen-bond donors (Lipinski definition) is 1. The first-order valence-electron chi connectivity index (χ1n) is 11.3. The van der Waals surface area contributed by atoms with E-state index in [1.54, 1.807) is 17.8 Å². The van der Waals surface area contributed by atoms with Crippen molar-refractivity contribution in [2.45, 2.75) is 76.4 Å². The molecule has 5 nitrogen and oxygen atoms in total. The van der Waals surface area contributed by atoms with Gasteiger partial charge < -0.3 is 9.88 Å². The van der Waals surface area contributed by atoms with Crippen LogP contribution in [0.4, 0.5) is 13.2 Å². The van der Waals surface area contributed by atoms with Gasteiger partial charge in [0.25, 0.3) is 5.56 Å². The average molecular weight is 450 g/mol. The Labute approximate surface area is 185 Å². The lowest BCUT2D eigenvalue weighted by atomic mass is 9.74. The SMILES string of the molecule is Cc1cc2c(cn1)cc(C1CC(NC(=O)C3CC(F)C(F)C(F)C3)CCC1C)c(=O)n2C. The summed E-state index contributed by atoms with van der Waals surface area (Å²) in [7, 11) is 1.75. The number of carbonyl (C=O) groups is 1. The average Bonchev–Trinajstić information content (AvgIpc) is 2.76. The molecule has 0 bridgehead atoms. The molecule has 2 heterocycles. The van der Waals surface area contributed by atoms with Crippen molar-refractivity contribution in [1.29, 1.82) is 0 Å². The topological polar surface area (TPSA) is 64.0 Å². The van der Waals surface area contributed by atoms with Gasteiger partial charge >= 0.3 is 0 Å². The molecule has 2 fully saturated rings. The Morgan fingerprint density at radius 2 is 1.81 bits per heavy atom. The van der Waals surface area contributed by atoms with Crippen molar-refractivity contribution < 1.29 is 18.0 Å². The number of pyridine rings is 2. The molecule has 0 radical (unpaired) electrons. The zero-order valence-electron chi connectivity index (χ0n) is 18.7. The molecule has 1 N–H and O–H groups in total. The molecule has 32 heavy (non-hydrogen) atoms. The molecule has 4 rings (SSSR count). The summed E-state index contributed by atoms with van der Waals surface area (Å²) >= 11 is 0. The van der Waals surface area contributed by atoms with E-state index in [1.807, 2.05) is 19.1 Å². The number of rotatable bonds is 3. The molecule has 0 saturated heterocycles. The molecule has 0 spiro atoms. The van der Waals surface area contributed by atoms with Gasteiger partial charge in [0.05, 0.1) is 5.52 Å². The van der Waals surface area contributed by atoms with E-state index in [9.17, 15) is 22.8 Å². The maximum Gasteiger partial charge on any atom is 0.254 e. The second kappa shape index (κ2) is 8.87. The quantitative estimate of drug-likeness (QED) is 0.769. The number of aryl methyl sites for hydroxylation is 2. The predicted molar refractivity (Wildman–Crippen MR) is 117 cm³/mol. The lowest BCUT2D eigenvalue weighted by molar-refractivity contribution is -0.130. The van der Waals surface area contributed by atoms with Crippen LogP contribution in [0.3, 0.4) is 0 Å². The predicted octanol–water partition coefficient (Wildman–Crippen LogP) is 4.05. The third kappa shape index (κ3) is 4.28. The number of nitrogens with zero attached hydrogens (tertiary/aromatic N) is 2. The summed E-state index contributed by atoms with van der Waals surface area (Å²) < 4.78 is 42.6. The standard InChI is InChI=1S/C24H30F3N3O2/c1-12-4-5-16(29-23(31)14-8-19(25)22(27)20(26)9-14)10-17(12)18-7-15-11-28-13(2)6-21(15)30(3)24(18)32/h6-7,11-12,14,16-17,19-20,22H,4-5,8-10H2,1-3H3,(H,29,31). The molecule has 2 aromatic heterocycles. The summed E-state index contributed by atoms with van der Waals surface area (Å²) in [5.41, 5.74) is 2.29. The highest BCUT2D eigenvalue weighted by Crippen LogP contribution is 2.38. The van der Waals surface area contributed by atoms with E-state index in [-0.39, 0.29) is 36.3 Å². The molecular formula is C24H30F3N3O2. The van der Waals surface area contributed by atoms with Crippen molar-refractivity contribution in [2.75, 3.05) is 0 Å². The monoisotopic (exact) mass is 449 g/mol. The van der Waals surface area contributed by atoms with E-state index in [4.69, 9.17) is 0 Å². The summed E-state index contributed by atoms with van der Waals surface area (Å²) in [5, 5.41) is 3.81. The Balaban J connectivity index is 1.53. The van der Waals surface area contributed by atoms with Crippen molar-refractivity contribution >= 4 is 16.8 Å². The van der Waals surface area contributed by atoms with Crippen LogP contribution in [0.5, 0.6) is 0 Å². The number of alkyl halides is 3. The van der Waals surface area contributed by atoms with Crippen LogP contribution < -0.4 is 10.9 Å². The smallest absolute Gasteiger partial charge is 0.254 e. The molecular weight excluding hydrogens is 419 g/mol. The molecule has 5 atom stereocenters. The number of fused-ring (bicyclic) bond motifs is 1. The lowest BCUT2D eigenvalue weighted by Gasteiger charge is -2.36. The van der Waals surface area contributed by atoms with Crippen LogP contribution >= 0.6 is 0 Å². The number of aromatic nitrogens is 2. The van der Waals surface area contributed by atoms with Crippen molar-refractivity contribution in [3.63, 3.8) is 0 Å². The minimum absolute atomic E-state index is 0.0529. The van der Waals surface area contributed by atoms with Gasteiger partial charge in [-0.15, -0.1) is 0 Å². The van der Waals surface area contributed by atoms with Crippen LogP contribution in [-0.4, -0.2) is 40.0 Å². The van der Waals surface area contributed by atoms with Gasteiger partial charge in [0.2, 0.25) is 5.91 Å². The highest BCUT2D eigenvalue weighted by molar-refractivity contribution is 5.80. The number of carbonyl (C=O) groups excluding carboxylic acids is 1. The van der Waals surface area contributed by atoms with Crippen molar-refractivity contribution in [3.05, 3.63) is 39.9 Å². The largest absolute Gasteiger partial charge is 0.353 e. The lowest BCUT2D eigenvalue weighted by Crippen LogP contribution is -2.47. The van der Waals surface area contributed by atoms with Crippen molar-refractivity contribution in [2.24, 2.45) is 18.9 Å². The molecule has 2 saturated carbocycles. The fraction of sp³-hybridized carbons (Fsp3) is 0.625. The zero-order chi connectivity index (χ0) is 23.2. The molecule has 0 aromatic carbocycles. The van der Waals surface area contributed by atoms with Crippen LogP contribution in [0.25, 0.3) is 10.9 Å². The summed E-state index contributed by atoms with van der Waals surface area (Å²) in [6, 6.07) is 3.59. The Hall–Kier alpha value is -2.38. The van der Waals surface area contributed by atoms with E-state index in [0.29, 0.717) is 12.0 Å². The molecule has 174 valence electrons. The van der Waals surface area contributed by atoms with Crippen LogP contribution in [0.2, 0.25) is 0 Å². The molecule has 2 aliphatic rings. The van der Waals surface area contributed by atoms with Gasteiger partial charge in [-0.3, -0.25) is 14.6 Å². The number of hydrogen-bond acceptors (Lipinski definition) is 3.